The Kier molecular flexibility index (Phi) is 4.60. The molecule has 2 fully saturated rings. The van der Waals surface area contributed by atoms with Crippen molar-refractivity contribution in [1.82, 2.24) is 20.4 Å². The van der Waals surface area contributed by atoms with Gasteiger partial charge in [0.25, 0.3) is 5.91 Å². The zero-order valence-electron chi connectivity index (χ0n) is 14.7. The fraction of sp³-hybridized carbons (Fsp3) is 0.500. The van der Waals surface area contributed by atoms with Crippen LogP contribution in [-0.2, 0) is 11.3 Å². The smallest absolute Gasteiger partial charge is 0.254 e. The molecule has 4 rings (SSSR count). The second-order valence-electron chi connectivity index (χ2n) is 6.73. The Balaban J connectivity index is 1.40. The van der Waals surface area contributed by atoms with Gasteiger partial charge in [0.15, 0.2) is 6.61 Å². The minimum atomic E-state index is -0.238. The first kappa shape index (κ1) is 17.0. The molecule has 1 atom stereocenters. The summed E-state index contributed by atoms with van der Waals surface area (Å²) in [5.41, 5.74) is 0.367. The maximum atomic E-state index is 12.9. The van der Waals surface area contributed by atoms with Gasteiger partial charge >= 0.3 is 0 Å². The number of likely N-dealkylation sites (tertiary alicyclic amines) is 1. The zero-order chi connectivity index (χ0) is 18.0. The van der Waals surface area contributed by atoms with Crippen molar-refractivity contribution in [2.45, 2.75) is 25.6 Å². The highest BCUT2D eigenvalue weighted by Crippen LogP contribution is 2.28. The average molecular weight is 358 g/mol. The molecule has 0 bridgehead atoms. The topological polar surface area (TPSA) is 89.7 Å². The molecule has 138 valence electrons. The van der Waals surface area contributed by atoms with Crippen LogP contribution in [0.3, 0.4) is 0 Å². The average Bonchev–Trinajstić information content (AvgIpc) is 3.27. The summed E-state index contributed by atoms with van der Waals surface area (Å²) in [5, 5.41) is 7.15. The van der Waals surface area contributed by atoms with Gasteiger partial charge in [-0.1, -0.05) is 11.2 Å². The standard InChI is InChI=1S/C18H22N4O4/c1-13-20-16(21-26-13)10-24-15-4-2-3-14(9-15)17(23)22-7-5-18(12-22)11-19-6-8-25-18/h2-4,9,19H,5-8,10-12H2,1H3. The van der Waals surface area contributed by atoms with Crippen LogP contribution in [0.5, 0.6) is 5.75 Å². The molecule has 8 nitrogen and oxygen atoms in total. The lowest BCUT2D eigenvalue weighted by molar-refractivity contribution is -0.0559. The highest BCUT2D eigenvalue weighted by atomic mass is 16.5. The van der Waals surface area contributed by atoms with Crippen LogP contribution >= 0.6 is 0 Å². The van der Waals surface area contributed by atoms with Crippen LogP contribution in [-0.4, -0.2) is 59.3 Å². The predicted molar refractivity (Wildman–Crippen MR) is 91.9 cm³/mol. The van der Waals surface area contributed by atoms with Crippen LogP contribution in [0.2, 0.25) is 0 Å². The minimum absolute atomic E-state index is 0.00287. The lowest BCUT2D eigenvalue weighted by Gasteiger charge is -2.34. The molecule has 2 saturated heterocycles. The number of aromatic nitrogens is 2. The lowest BCUT2D eigenvalue weighted by atomic mass is 10.0. The van der Waals surface area contributed by atoms with Gasteiger partial charge in [-0.3, -0.25) is 4.79 Å². The van der Waals surface area contributed by atoms with Gasteiger partial charge in [0.05, 0.1) is 18.8 Å². The van der Waals surface area contributed by atoms with Crippen LogP contribution in [0.25, 0.3) is 0 Å². The summed E-state index contributed by atoms with van der Waals surface area (Å²) in [5.74, 6) is 1.57. The molecule has 1 unspecified atom stereocenters. The predicted octanol–water partition coefficient (Wildman–Crippen LogP) is 1.16. The van der Waals surface area contributed by atoms with Gasteiger partial charge in [0.1, 0.15) is 5.75 Å². The molecule has 8 heteroatoms. The SMILES string of the molecule is Cc1nc(COc2cccc(C(=O)N3CCC4(CNCCO4)C3)c2)no1. The monoisotopic (exact) mass is 358 g/mol. The Labute approximate surface area is 151 Å². The largest absolute Gasteiger partial charge is 0.485 e. The van der Waals surface area contributed by atoms with E-state index in [1.165, 1.54) is 0 Å². The summed E-state index contributed by atoms with van der Waals surface area (Å²) in [6.07, 6.45) is 0.860. The molecule has 1 spiro atoms. The summed E-state index contributed by atoms with van der Waals surface area (Å²) in [6.45, 7) is 5.60. The molecule has 1 aromatic carbocycles. The fourth-order valence-corrected chi connectivity index (χ4v) is 3.44. The molecule has 1 amide bonds. The number of hydrogen-bond donors (Lipinski definition) is 1. The van der Waals surface area contributed by atoms with Gasteiger partial charge in [-0.25, -0.2) is 0 Å². The quantitative estimate of drug-likeness (QED) is 0.877. The van der Waals surface area contributed by atoms with Gasteiger partial charge in [0, 0.05) is 32.1 Å². The van der Waals surface area contributed by atoms with Crippen molar-refractivity contribution in [2.75, 3.05) is 32.8 Å². The fourth-order valence-electron chi connectivity index (χ4n) is 3.44. The van der Waals surface area contributed by atoms with Gasteiger partial charge in [-0.15, -0.1) is 0 Å². The van der Waals surface area contributed by atoms with Crippen LogP contribution in [0.1, 0.15) is 28.5 Å². The van der Waals surface area contributed by atoms with Gasteiger partial charge in [-0.05, 0) is 24.6 Å². The number of morpholine rings is 1. The number of nitrogens with one attached hydrogen (secondary N) is 1. The molecule has 2 aliphatic rings. The van der Waals surface area contributed by atoms with E-state index < -0.39 is 0 Å². The molecule has 26 heavy (non-hydrogen) atoms. The van der Waals surface area contributed by atoms with Crippen LogP contribution < -0.4 is 10.1 Å². The molecule has 0 radical (unpaired) electrons. The zero-order valence-corrected chi connectivity index (χ0v) is 14.7. The van der Waals surface area contributed by atoms with Gasteiger partial charge in [0.2, 0.25) is 11.7 Å². The van der Waals surface area contributed by atoms with Crippen LogP contribution in [0.15, 0.2) is 28.8 Å². The van der Waals surface area contributed by atoms with Crippen molar-refractivity contribution in [1.29, 1.82) is 0 Å². The van der Waals surface area contributed by atoms with E-state index in [4.69, 9.17) is 14.0 Å². The molecule has 0 aliphatic carbocycles. The Morgan fingerprint density at radius 3 is 3.15 bits per heavy atom. The van der Waals surface area contributed by atoms with E-state index in [0.717, 1.165) is 19.5 Å². The first-order valence-corrected chi connectivity index (χ1v) is 8.80. The number of rotatable bonds is 4. The maximum Gasteiger partial charge on any atom is 0.254 e. The van der Waals surface area contributed by atoms with Gasteiger partial charge < -0.3 is 24.2 Å². The Morgan fingerprint density at radius 2 is 2.38 bits per heavy atom. The normalized spacial score (nSPS) is 22.7. The summed E-state index contributed by atoms with van der Waals surface area (Å²) < 4.78 is 16.5. The van der Waals surface area contributed by atoms with Crippen LogP contribution in [0.4, 0.5) is 0 Å². The molecular formula is C18H22N4O4. The molecule has 1 aromatic heterocycles. The molecule has 2 aromatic rings. The molecule has 2 aliphatic heterocycles. The molecule has 1 N–H and O–H groups in total. The Morgan fingerprint density at radius 1 is 1.46 bits per heavy atom. The van der Waals surface area contributed by atoms with Crippen molar-refractivity contribution in [2.24, 2.45) is 0 Å². The summed E-state index contributed by atoms with van der Waals surface area (Å²) in [4.78, 5) is 18.8. The number of benzene rings is 1. The summed E-state index contributed by atoms with van der Waals surface area (Å²) in [7, 11) is 0. The van der Waals surface area contributed by atoms with E-state index in [2.05, 4.69) is 15.5 Å². The Hall–Kier alpha value is -2.45. The third kappa shape index (κ3) is 3.56. The highest BCUT2D eigenvalue weighted by Gasteiger charge is 2.42. The summed E-state index contributed by atoms with van der Waals surface area (Å²) in [6, 6.07) is 7.18. The number of hydrogen-bond acceptors (Lipinski definition) is 7. The van der Waals surface area contributed by atoms with E-state index in [1.54, 1.807) is 19.1 Å². The highest BCUT2D eigenvalue weighted by molar-refractivity contribution is 5.94. The van der Waals surface area contributed by atoms with Crippen molar-refractivity contribution >= 4 is 5.91 Å². The second kappa shape index (κ2) is 7.05. The lowest BCUT2D eigenvalue weighted by Crippen LogP contribution is -2.51. The number of amides is 1. The molecule has 3 heterocycles. The first-order valence-electron chi connectivity index (χ1n) is 8.80. The number of aryl methyl sites for hydroxylation is 1. The third-order valence-corrected chi connectivity index (χ3v) is 4.76. The van der Waals surface area contributed by atoms with E-state index in [9.17, 15) is 4.79 Å². The van der Waals surface area contributed by atoms with Crippen molar-refractivity contribution < 1.29 is 18.8 Å². The van der Waals surface area contributed by atoms with E-state index in [0.29, 0.717) is 42.7 Å². The Bertz CT molecular complexity index is 785. The van der Waals surface area contributed by atoms with Crippen molar-refractivity contribution in [3.05, 3.63) is 41.5 Å². The van der Waals surface area contributed by atoms with Gasteiger partial charge in [-0.2, -0.15) is 4.98 Å². The second-order valence-corrected chi connectivity index (χ2v) is 6.73. The van der Waals surface area contributed by atoms with E-state index >= 15 is 0 Å². The van der Waals surface area contributed by atoms with Crippen molar-refractivity contribution in [3.63, 3.8) is 0 Å². The van der Waals surface area contributed by atoms with E-state index in [1.807, 2.05) is 17.0 Å². The maximum absolute atomic E-state index is 12.9. The first-order chi connectivity index (χ1) is 12.6. The van der Waals surface area contributed by atoms with E-state index in [-0.39, 0.29) is 18.1 Å². The summed E-state index contributed by atoms with van der Waals surface area (Å²) >= 11 is 0. The third-order valence-electron chi connectivity index (χ3n) is 4.76. The minimum Gasteiger partial charge on any atom is -0.485 e. The van der Waals surface area contributed by atoms with Crippen molar-refractivity contribution in [3.8, 4) is 5.75 Å². The number of carbonyl (C=O) groups is 1. The van der Waals surface area contributed by atoms with Crippen LogP contribution in [0, 0.1) is 6.92 Å². The number of carbonyl (C=O) groups excluding carboxylic acids is 1. The molecule has 0 saturated carbocycles. The number of nitrogens with zero attached hydrogens (tertiary/aromatic N) is 3. The number of ether oxygens (including phenoxy) is 2. The molecular weight excluding hydrogens is 336 g/mol.